The maximum absolute atomic E-state index is 10.6. The van der Waals surface area contributed by atoms with Gasteiger partial charge in [0.2, 0.25) is 0 Å². The van der Waals surface area contributed by atoms with Crippen LogP contribution in [0.3, 0.4) is 0 Å². The van der Waals surface area contributed by atoms with Gasteiger partial charge in [0.25, 0.3) is 0 Å². The fourth-order valence-electron chi connectivity index (χ4n) is 1.15. The van der Waals surface area contributed by atoms with E-state index in [1.54, 1.807) is 24.8 Å². The minimum Gasteiger partial charge on any atom is -0.478 e. The maximum atomic E-state index is 10.6. The molecule has 0 aromatic heterocycles. The van der Waals surface area contributed by atoms with E-state index in [1.165, 1.54) is 16.0 Å². The van der Waals surface area contributed by atoms with Gasteiger partial charge in [0.15, 0.2) is 0 Å². The molecule has 1 aromatic carbocycles. The van der Waals surface area contributed by atoms with Gasteiger partial charge in [-0.2, -0.15) is 0 Å². The standard InChI is InChI=1S/C13H16O2S/c1-9-4-5-12(8-11(9)3)16-7-6-10(2)13(14)15/h4-6,8H,7H2,1-3H3,(H,14,15). The summed E-state index contributed by atoms with van der Waals surface area (Å²) in [7, 11) is 0. The molecule has 0 atom stereocenters. The van der Waals surface area contributed by atoms with E-state index < -0.39 is 5.97 Å². The number of hydrogen-bond acceptors (Lipinski definition) is 2. The third-order valence-corrected chi connectivity index (χ3v) is 3.38. The van der Waals surface area contributed by atoms with E-state index >= 15 is 0 Å². The Bertz CT molecular complexity index is 422. The van der Waals surface area contributed by atoms with Gasteiger partial charge in [0, 0.05) is 16.2 Å². The van der Waals surface area contributed by atoms with E-state index in [1.807, 2.05) is 0 Å². The highest BCUT2D eigenvalue weighted by Gasteiger charge is 1.99. The quantitative estimate of drug-likeness (QED) is 0.643. The predicted molar refractivity (Wildman–Crippen MR) is 68.0 cm³/mol. The monoisotopic (exact) mass is 236 g/mol. The summed E-state index contributed by atoms with van der Waals surface area (Å²) < 4.78 is 0. The molecule has 0 amide bonds. The minimum atomic E-state index is -0.847. The highest BCUT2D eigenvalue weighted by Crippen LogP contribution is 2.21. The van der Waals surface area contributed by atoms with Crippen molar-refractivity contribution in [2.24, 2.45) is 0 Å². The van der Waals surface area contributed by atoms with E-state index in [4.69, 9.17) is 5.11 Å². The SMILES string of the molecule is CC(=CCSc1ccc(C)c(C)c1)C(=O)O. The summed E-state index contributed by atoms with van der Waals surface area (Å²) in [5, 5.41) is 8.68. The van der Waals surface area contributed by atoms with Crippen molar-refractivity contribution in [1.29, 1.82) is 0 Å². The maximum Gasteiger partial charge on any atom is 0.330 e. The Morgan fingerprint density at radius 2 is 2.06 bits per heavy atom. The van der Waals surface area contributed by atoms with E-state index in [-0.39, 0.29) is 0 Å². The predicted octanol–water partition coefficient (Wildman–Crippen LogP) is 3.43. The smallest absolute Gasteiger partial charge is 0.330 e. The highest BCUT2D eigenvalue weighted by molar-refractivity contribution is 7.99. The number of carboxylic acids is 1. The van der Waals surface area contributed by atoms with Gasteiger partial charge in [0.05, 0.1) is 0 Å². The lowest BCUT2D eigenvalue weighted by atomic mass is 10.1. The second-order valence-electron chi connectivity index (χ2n) is 3.75. The molecule has 3 heteroatoms. The van der Waals surface area contributed by atoms with Crippen LogP contribution in [0.15, 0.2) is 34.7 Å². The molecule has 0 saturated heterocycles. The molecule has 0 spiro atoms. The van der Waals surface area contributed by atoms with Crippen molar-refractivity contribution in [3.63, 3.8) is 0 Å². The molecule has 0 unspecified atom stereocenters. The van der Waals surface area contributed by atoms with Gasteiger partial charge in [-0.25, -0.2) is 4.79 Å². The zero-order chi connectivity index (χ0) is 12.1. The van der Waals surface area contributed by atoms with E-state index in [9.17, 15) is 4.79 Å². The Balaban J connectivity index is 2.59. The molecule has 0 aliphatic rings. The van der Waals surface area contributed by atoms with Gasteiger partial charge in [-0.05, 0) is 44.0 Å². The van der Waals surface area contributed by atoms with Crippen LogP contribution < -0.4 is 0 Å². The molecule has 0 radical (unpaired) electrons. The first-order valence-corrected chi connectivity index (χ1v) is 6.09. The topological polar surface area (TPSA) is 37.3 Å². The summed E-state index contributed by atoms with van der Waals surface area (Å²) in [6, 6.07) is 6.28. The molecule has 0 bridgehead atoms. The Hall–Kier alpha value is -1.22. The molecule has 0 aliphatic heterocycles. The molecule has 0 fully saturated rings. The summed E-state index contributed by atoms with van der Waals surface area (Å²) in [6.07, 6.45) is 1.74. The second kappa shape index (κ2) is 5.75. The number of hydrogen-bond donors (Lipinski definition) is 1. The van der Waals surface area contributed by atoms with Crippen molar-refractivity contribution in [2.45, 2.75) is 25.7 Å². The molecular formula is C13H16O2S. The van der Waals surface area contributed by atoms with Gasteiger partial charge in [-0.15, -0.1) is 11.8 Å². The number of carboxylic acid groups (broad SMARTS) is 1. The van der Waals surface area contributed by atoms with Crippen LogP contribution in [0.5, 0.6) is 0 Å². The lowest BCUT2D eigenvalue weighted by Gasteiger charge is -2.03. The minimum absolute atomic E-state index is 0.399. The summed E-state index contributed by atoms with van der Waals surface area (Å²) >= 11 is 1.65. The number of rotatable bonds is 4. The van der Waals surface area contributed by atoms with Crippen molar-refractivity contribution in [3.8, 4) is 0 Å². The molecular weight excluding hydrogens is 220 g/mol. The van der Waals surface area contributed by atoms with E-state index in [0.29, 0.717) is 11.3 Å². The number of thioether (sulfide) groups is 1. The first-order valence-electron chi connectivity index (χ1n) is 5.11. The second-order valence-corrected chi connectivity index (χ2v) is 4.84. The molecule has 0 heterocycles. The molecule has 16 heavy (non-hydrogen) atoms. The third kappa shape index (κ3) is 3.74. The van der Waals surface area contributed by atoms with E-state index in [2.05, 4.69) is 32.0 Å². The number of aryl methyl sites for hydroxylation is 2. The van der Waals surface area contributed by atoms with Crippen LogP contribution in [-0.2, 0) is 4.79 Å². The number of carbonyl (C=O) groups is 1. The lowest BCUT2D eigenvalue weighted by Crippen LogP contribution is -1.96. The Morgan fingerprint density at radius 3 is 2.62 bits per heavy atom. The van der Waals surface area contributed by atoms with E-state index in [0.717, 1.165) is 0 Å². The van der Waals surface area contributed by atoms with Gasteiger partial charge < -0.3 is 5.11 Å². The molecule has 1 aromatic rings. The van der Waals surface area contributed by atoms with Crippen molar-refractivity contribution in [2.75, 3.05) is 5.75 Å². The Morgan fingerprint density at radius 1 is 1.38 bits per heavy atom. The molecule has 1 rings (SSSR count). The van der Waals surface area contributed by atoms with Crippen molar-refractivity contribution < 1.29 is 9.90 Å². The van der Waals surface area contributed by atoms with Crippen molar-refractivity contribution in [3.05, 3.63) is 41.0 Å². The van der Waals surface area contributed by atoms with Gasteiger partial charge >= 0.3 is 5.97 Å². The zero-order valence-electron chi connectivity index (χ0n) is 9.78. The fourth-order valence-corrected chi connectivity index (χ4v) is 2.10. The van der Waals surface area contributed by atoms with Crippen LogP contribution in [0.25, 0.3) is 0 Å². The van der Waals surface area contributed by atoms with Crippen molar-refractivity contribution >= 4 is 17.7 Å². The van der Waals surface area contributed by atoms with Gasteiger partial charge in [-0.1, -0.05) is 12.1 Å². The Kier molecular flexibility index (Phi) is 4.62. The van der Waals surface area contributed by atoms with Crippen LogP contribution in [0.4, 0.5) is 0 Å². The summed E-state index contributed by atoms with van der Waals surface area (Å²) in [5.41, 5.74) is 2.95. The normalized spacial score (nSPS) is 11.6. The molecule has 86 valence electrons. The molecule has 0 aliphatic carbocycles. The summed E-state index contributed by atoms with van der Waals surface area (Å²) in [4.78, 5) is 11.7. The lowest BCUT2D eigenvalue weighted by molar-refractivity contribution is -0.132. The number of benzene rings is 1. The van der Waals surface area contributed by atoms with Crippen LogP contribution in [-0.4, -0.2) is 16.8 Å². The number of aliphatic carboxylic acids is 1. The fraction of sp³-hybridized carbons (Fsp3) is 0.308. The Labute approximate surface area is 100 Å². The molecule has 0 saturated carbocycles. The average molecular weight is 236 g/mol. The largest absolute Gasteiger partial charge is 0.478 e. The van der Waals surface area contributed by atoms with Crippen LogP contribution in [0.1, 0.15) is 18.1 Å². The molecule has 1 N–H and O–H groups in total. The molecule has 2 nitrogen and oxygen atoms in total. The van der Waals surface area contributed by atoms with Crippen LogP contribution in [0, 0.1) is 13.8 Å². The van der Waals surface area contributed by atoms with Gasteiger partial charge in [0.1, 0.15) is 0 Å². The first kappa shape index (κ1) is 12.8. The average Bonchev–Trinajstić information content (AvgIpc) is 2.23. The van der Waals surface area contributed by atoms with Crippen molar-refractivity contribution in [1.82, 2.24) is 0 Å². The highest BCUT2D eigenvalue weighted by atomic mass is 32.2. The zero-order valence-corrected chi connectivity index (χ0v) is 10.6. The summed E-state index contributed by atoms with van der Waals surface area (Å²) in [5.74, 6) is -0.152. The van der Waals surface area contributed by atoms with Crippen LogP contribution in [0.2, 0.25) is 0 Å². The first-order chi connectivity index (χ1) is 7.50. The van der Waals surface area contributed by atoms with Crippen LogP contribution >= 0.6 is 11.8 Å². The summed E-state index contributed by atoms with van der Waals surface area (Å²) in [6.45, 7) is 5.78. The van der Waals surface area contributed by atoms with Gasteiger partial charge in [-0.3, -0.25) is 0 Å². The third-order valence-electron chi connectivity index (χ3n) is 2.46.